The van der Waals surface area contributed by atoms with Gasteiger partial charge in [0, 0.05) is 43.2 Å². The number of carbonyl (C=O) groups is 1. The number of fused-ring (bicyclic) bond motifs is 1. The van der Waals surface area contributed by atoms with E-state index in [0.29, 0.717) is 30.2 Å². The fourth-order valence-corrected chi connectivity index (χ4v) is 5.22. The molecule has 1 saturated carbocycles. The molecular weight excluding hydrogens is 468 g/mol. The van der Waals surface area contributed by atoms with Crippen LogP contribution in [0.25, 0.3) is 0 Å². The van der Waals surface area contributed by atoms with Crippen LogP contribution in [-0.2, 0) is 6.42 Å². The molecule has 3 N–H and O–H groups in total. The summed E-state index contributed by atoms with van der Waals surface area (Å²) in [6.45, 7) is 10.8. The van der Waals surface area contributed by atoms with Gasteiger partial charge in [0.15, 0.2) is 0 Å². The molecule has 1 aliphatic heterocycles. The molecule has 1 aliphatic carbocycles. The van der Waals surface area contributed by atoms with Crippen LogP contribution >= 0.6 is 0 Å². The monoisotopic (exact) mass is 508 g/mol. The third kappa shape index (κ3) is 6.48. The lowest BCUT2D eigenvalue weighted by molar-refractivity contribution is -0.0420. The van der Waals surface area contributed by atoms with E-state index in [-0.39, 0.29) is 23.0 Å². The van der Waals surface area contributed by atoms with Crippen molar-refractivity contribution in [1.29, 1.82) is 0 Å². The number of nitrogens with one attached hydrogen (secondary N) is 2. The van der Waals surface area contributed by atoms with Crippen LogP contribution < -0.4 is 20.1 Å². The molecule has 4 rings (SSSR count). The molecule has 1 fully saturated rings. The molecule has 37 heavy (non-hydrogen) atoms. The number of ether oxygens (including phenoxy) is 2. The maximum Gasteiger partial charge on any atom is 0.256 e. The Kier molecular flexibility index (Phi) is 8.19. The highest BCUT2D eigenvalue weighted by atomic mass is 16.5. The number of aliphatic hydroxyl groups excluding tert-OH is 1. The molecule has 2 aromatic rings. The van der Waals surface area contributed by atoms with Gasteiger partial charge < -0.3 is 25.2 Å². The first-order valence-electron chi connectivity index (χ1n) is 13.1. The van der Waals surface area contributed by atoms with Crippen molar-refractivity contribution in [2.24, 2.45) is 5.41 Å². The van der Waals surface area contributed by atoms with E-state index in [9.17, 15) is 9.90 Å². The number of nitrogens with zero attached hydrogens (tertiary/aromatic N) is 2. The van der Waals surface area contributed by atoms with Gasteiger partial charge in [-0.15, -0.1) is 6.58 Å². The van der Waals surface area contributed by atoms with Crippen LogP contribution in [0.5, 0.6) is 11.6 Å². The zero-order valence-corrected chi connectivity index (χ0v) is 22.4. The SMILES string of the molecule is C=CC[C@H](NC(=O)c1cnccc1OC)[C@H](O)CN[C@H]1CC2(CCC2)Oc2ncc(CC(C)(C)C)cc21. The van der Waals surface area contributed by atoms with Crippen LogP contribution in [0, 0.1) is 5.41 Å². The number of carbonyl (C=O) groups excluding carboxylic acids is 1. The summed E-state index contributed by atoms with van der Waals surface area (Å²) < 4.78 is 11.7. The van der Waals surface area contributed by atoms with Crippen molar-refractivity contribution >= 4 is 5.91 Å². The van der Waals surface area contributed by atoms with E-state index in [2.05, 4.69) is 49.0 Å². The van der Waals surface area contributed by atoms with Crippen molar-refractivity contribution in [2.75, 3.05) is 13.7 Å². The molecule has 8 heteroatoms. The van der Waals surface area contributed by atoms with Gasteiger partial charge in [-0.3, -0.25) is 9.78 Å². The molecule has 2 aromatic heterocycles. The number of amides is 1. The maximum absolute atomic E-state index is 12.9. The normalized spacial score (nSPS) is 19.6. The van der Waals surface area contributed by atoms with Gasteiger partial charge in [0.05, 0.1) is 24.8 Å². The lowest BCUT2D eigenvalue weighted by Gasteiger charge is -2.47. The van der Waals surface area contributed by atoms with E-state index >= 15 is 0 Å². The molecule has 0 unspecified atom stereocenters. The Morgan fingerprint density at radius 2 is 2.16 bits per heavy atom. The Hall–Kier alpha value is -2.97. The molecule has 3 atom stereocenters. The van der Waals surface area contributed by atoms with Gasteiger partial charge in [-0.1, -0.05) is 26.8 Å². The fraction of sp³-hybridized carbons (Fsp3) is 0.552. The van der Waals surface area contributed by atoms with E-state index in [4.69, 9.17) is 14.5 Å². The second kappa shape index (κ2) is 11.2. The zero-order valence-electron chi connectivity index (χ0n) is 22.4. The first kappa shape index (κ1) is 27.1. The Bertz CT molecular complexity index is 1110. The number of pyridine rings is 2. The van der Waals surface area contributed by atoms with Gasteiger partial charge in [-0.05, 0) is 55.2 Å². The molecule has 0 radical (unpaired) electrons. The molecule has 200 valence electrons. The van der Waals surface area contributed by atoms with E-state index < -0.39 is 12.1 Å². The van der Waals surface area contributed by atoms with Gasteiger partial charge in [0.25, 0.3) is 5.91 Å². The Morgan fingerprint density at radius 1 is 1.38 bits per heavy atom. The summed E-state index contributed by atoms with van der Waals surface area (Å²) in [6, 6.07) is 3.31. The summed E-state index contributed by atoms with van der Waals surface area (Å²) in [5.74, 6) is 0.771. The van der Waals surface area contributed by atoms with Crippen LogP contribution in [0.4, 0.5) is 0 Å². The number of aromatic nitrogens is 2. The Labute approximate surface area is 219 Å². The quantitative estimate of drug-likeness (QED) is 0.414. The average molecular weight is 509 g/mol. The highest BCUT2D eigenvalue weighted by molar-refractivity contribution is 5.96. The molecule has 0 bridgehead atoms. The first-order chi connectivity index (χ1) is 17.6. The van der Waals surface area contributed by atoms with Crippen LogP contribution in [0.15, 0.2) is 43.4 Å². The number of rotatable bonds is 10. The molecule has 3 heterocycles. The fourth-order valence-electron chi connectivity index (χ4n) is 5.22. The molecule has 0 aromatic carbocycles. The number of hydrogen-bond donors (Lipinski definition) is 3. The summed E-state index contributed by atoms with van der Waals surface area (Å²) in [4.78, 5) is 21.7. The van der Waals surface area contributed by atoms with Gasteiger partial charge in [-0.2, -0.15) is 0 Å². The lowest BCUT2D eigenvalue weighted by Crippen LogP contribution is -2.52. The largest absolute Gasteiger partial charge is 0.496 e. The summed E-state index contributed by atoms with van der Waals surface area (Å²) in [6.07, 6.45) is 11.2. The van der Waals surface area contributed by atoms with E-state index in [0.717, 1.165) is 37.7 Å². The van der Waals surface area contributed by atoms with Gasteiger partial charge in [0.1, 0.15) is 11.4 Å². The minimum absolute atomic E-state index is 0.00428. The average Bonchev–Trinajstić information content (AvgIpc) is 2.84. The highest BCUT2D eigenvalue weighted by Crippen LogP contribution is 2.48. The van der Waals surface area contributed by atoms with Crippen molar-refractivity contribution in [3.8, 4) is 11.6 Å². The number of aliphatic hydroxyl groups is 1. The van der Waals surface area contributed by atoms with Crippen LogP contribution in [-0.4, -0.2) is 52.4 Å². The predicted octanol–water partition coefficient (Wildman–Crippen LogP) is 4.15. The van der Waals surface area contributed by atoms with Crippen LogP contribution in [0.2, 0.25) is 0 Å². The first-order valence-corrected chi connectivity index (χ1v) is 13.1. The minimum Gasteiger partial charge on any atom is -0.496 e. The van der Waals surface area contributed by atoms with Crippen molar-refractivity contribution in [3.05, 3.63) is 60.1 Å². The van der Waals surface area contributed by atoms with E-state index in [1.807, 2.05) is 6.20 Å². The number of hydrogen-bond acceptors (Lipinski definition) is 7. The standard InChI is InChI=1S/C29H40N4O4/c1-6-8-22(33-26(35)21-17-30-12-9-25(21)36-5)24(34)18-31-23-15-29(10-7-11-29)37-27-20(23)13-19(16-32-27)14-28(2,3)4/h6,9,12-13,16-17,22-24,31,34H,1,7-8,10-11,14-15,18H2,2-5H3,(H,33,35)/t22-,23-,24+/m0/s1. The third-order valence-corrected chi connectivity index (χ3v) is 7.22. The minimum atomic E-state index is -0.834. The van der Waals surface area contributed by atoms with Crippen molar-refractivity contribution < 1.29 is 19.4 Å². The Morgan fingerprint density at radius 3 is 2.81 bits per heavy atom. The second-order valence-corrected chi connectivity index (χ2v) is 11.5. The van der Waals surface area contributed by atoms with Crippen LogP contribution in [0.3, 0.4) is 0 Å². The second-order valence-electron chi connectivity index (χ2n) is 11.5. The lowest BCUT2D eigenvalue weighted by atomic mass is 9.73. The summed E-state index contributed by atoms with van der Waals surface area (Å²) >= 11 is 0. The molecule has 1 amide bonds. The maximum atomic E-state index is 12.9. The summed E-state index contributed by atoms with van der Waals surface area (Å²) in [5.41, 5.74) is 2.50. The van der Waals surface area contributed by atoms with Gasteiger partial charge in [-0.25, -0.2) is 4.98 Å². The Balaban J connectivity index is 1.48. The summed E-state index contributed by atoms with van der Waals surface area (Å²) in [7, 11) is 1.51. The van der Waals surface area contributed by atoms with Gasteiger partial charge in [0.2, 0.25) is 5.88 Å². The molecular formula is C29H40N4O4. The molecule has 1 spiro atoms. The smallest absolute Gasteiger partial charge is 0.256 e. The van der Waals surface area contributed by atoms with E-state index in [1.165, 1.54) is 18.9 Å². The molecule has 2 aliphatic rings. The van der Waals surface area contributed by atoms with Crippen molar-refractivity contribution in [1.82, 2.24) is 20.6 Å². The van der Waals surface area contributed by atoms with E-state index in [1.54, 1.807) is 18.3 Å². The van der Waals surface area contributed by atoms with Crippen molar-refractivity contribution in [2.45, 2.75) is 83.1 Å². The molecule has 0 saturated heterocycles. The third-order valence-electron chi connectivity index (χ3n) is 7.22. The van der Waals surface area contributed by atoms with Crippen LogP contribution in [0.1, 0.15) is 80.4 Å². The van der Waals surface area contributed by atoms with Crippen molar-refractivity contribution in [3.63, 3.8) is 0 Å². The zero-order chi connectivity index (χ0) is 26.6. The van der Waals surface area contributed by atoms with Gasteiger partial charge >= 0.3 is 0 Å². The predicted molar refractivity (Wildman–Crippen MR) is 143 cm³/mol. The number of methoxy groups -OCH3 is 1. The highest BCUT2D eigenvalue weighted by Gasteiger charge is 2.46. The summed E-state index contributed by atoms with van der Waals surface area (Å²) in [5, 5.41) is 17.6. The topological polar surface area (TPSA) is 106 Å². The molecule has 8 nitrogen and oxygen atoms in total.